The topological polar surface area (TPSA) is 44.5 Å². The molecule has 2 N–H and O–H groups in total. The molecule has 0 saturated heterocycles. The predicted octanol–water partition coefficient (Wildman–Crippen LogP) is 5.23. The summed E-state index contributed by atoms with van der Waals surface area (Å²) in [5.41, 5.74) is 5.79. The van der Waals surface area contributed by atoms with Gasteiger partial charge in [0.1, 0.15) is 17.2 Å². The van der Waals surface area contributed by atoms with Crippen molar-refractivity contribution < 1.29 is 22.6 Å². The fourth-order valence-corrected chi connectivity index (χ4v) is 2.84. The zero-order valence-electron chi connectivity index (χ0n) is 13.4. The van der Waals surface area contributed by atoms with Crippen molar-refractivity contribution in [3.8, 4) is 17.2 Å². The highest BCUT2D eigenvalue weighted by Gasteiger charge is 2.30. The summed E-state index contributed by atoms with van der Waals surface area (Å²) < 4.78 is 49.1. The second-order valence-corrected chi connectivity index (χ2v) is 5.82. The average Bonchev–Trinajstić information content (AvgIpc) is 2.59. The van der Waals surface area contributed by atoms with Crippen LogP contribution in [0.15, 0.2) is 54.7 Å². The molecular formula is C19H18F3NO2. The van der Waals surface area contributed by atoms with Crippen molar-refractivity contribution >= 4 is 0 Å². The number of rotatable bonds is 4. The third kappa shape index (κ3) is 4.07. The largest absolute Gasteiger partial charge is 0.493 e. The number of hydrogen-bond donors (Lipinski definition) is 1. The van der Waals surface area contributed by atoms with E-state index in [2.05, 4.69) is 0 Å². The van der Waals surface area contributed by atoms with Gasteiger partial charge in [-0.25, -0.2) is 0 Å². The second-order valence-electron chi connectivity index (χ2n) is 5.82. The highest BCUT2D eigenvalue weighted by atomic mass is 19.4. The number of fused-ring (bicyclic) bond motifs is 1. The van der Waals surface area contributed by atoms with Gasteiger partial charge >= 0.3 is 6.18 Å². The Morgan fingerprint density at radius 2 is 1.84 bits per heavy atom. The van der Waals surface area contributed by atoms with Crippen LogP contribution in [0.25, 0.3) is 0 Å². The molecule has 2 aromatic carbocycles. The van der Waals surface area contributed by atoms with E-state index >= 15 is 0 Å². The summed E-state index contributed by atoms with van der Waals surface area (Å²) in [5, 5.41) is 0. The minimum Gasteiger partial charge on any atom is -0.493 e. The van der Waals surface area contributed by atoms with Gasteiger partial charge in [0.2, 0.25) is 0 Å². The number of ether oxygens (including phenoxy) is 2. The van der Waals surface area contributed by atoms with E-state index in [0.29, 0.717) is 24.0 Å². The van der Waals surface area contributed by atoms with E-state index in [1.54, 1.807) is 12.1 Å². The van der Waals surface area contributed by atoms with Crippen LogP contribution in [0.4, 0.5) is 13.2 Å². The van der Waals surface area contributed by atoms with Gasteiger partial charge in [-0.3, -0.25) is 0 Å². The van der Waals surface area contributed by atoms with E-state index in [4.69, 9.17) is 15.2 Å². The van der Waals surface area contributed by atoms with E-state index < -0.39 is 11.7 Å². The van der Waals surface area contributed by atoms with Crippen LogP contribution in [0.1, 0.15) is 29.9 Å². The Hall–Kier alpha value is -2.63. The Balaban J connectivity index is 1.76. The maximum atomic E-state index is 12.6. The van der Waals surface area contributed by atoms with Crippen molar-refractivity contribution in [3.63, 3.8) is 0 Å². The quantitative estimate of drug-likeness (QED) is 0.822. The Labute approximate surface area is 143 Å². The fourth-order valence-electron chi connectivity index (χ4n) is 2.84. The predicted molar refractivity (Wildman–Crippen MR) is 88.8 cm³/mol. The molecule has 1 aliphatic rings. The van der Waals surface area contributed by atoms with Gasteiger partial charge in [-0.1, -0.05) is 12.1 Å². The van der Waals surface area contributed by atoms with Crippen LogP contribution in [0.2, 0.25) is 0 Å². The molecular weight excluding hydrogens is 331 g/mol. The summed E-state index contributed by atoms with van der Waals surface area (Å²) in [6.45, 7) is 0.611. The normalized spacial score (nSPS) is 17.2. The zero-order valence-corrected chi connectivity index (χ0v) is 13.4. The summed E-state index contributed by atoms with van der Waals surface area (Å²) in [4.78, 5) is 0. The Morgan fingerprint density at radius 3 is 2.52 bits per heavy atom. The van der Waals surface area contributed by atoms with Gasteiger partial charge in [0.15, 0.2) is 0 Å². The molecule has 3 rings (SSSR count). The van der Waals surface area contributed by atoms with Gasteiger partial charge in [-0.15, -0.1) is 0 Å². The van der Waals surface area contributed by atoms with E-state index in [1.165, 1.54) is 18.3 Å². The monoisotopic (exact) mass is 349 g/mol. The molecule has 1 aliphatic heterocycles. The molecule has 25 heavy (non-hydrogen) atoms. The fraction of sp³-hybridized carbons (Fsp3) is 0.263. The number of benzene rings is 2. The van der Waals surface area contributed by atoms with Gasteiger partial charge in [-0.2, -0.15) is 13.2 Å². The van der Waals surface area contributed by atoms with Crippen LogP contribution in [0.3, 0.4) is 0 Å². The van der Waals surface area contributed by atoms with Gasteiger partial charge in [0.25, 0.3) is 0 Å². The van der Waals surface area contributed by atoms with Crippen molar-refractivity contribution in [1.82, 2.24) is 0 Å². The van der Waals surface area contributed by atoms with Gasteiger partial charge in [-0.05, 0) is 60.9 Å². The molecule has 3 nitrogen and oxygen atoms in total. The van der Waals surface area contributed by atoms with Crippen LogP contribution in [-0.2, 0) is 6.18 Å². The third-order valence-electron chi connectivity index (χ3n) is 4.12. The molecule has 0 saturated carbocycles. The van der Waals surface area contributed by atoms with E-state index in [0.717, 1.165) is 36.3 Å². The van der Waals surface area contributed by atoms with Crippen LogP contribution in [-0.4, -0.2) is 6.61 Å². The molecule has 0 fully saturated rings. The maximum Gasteiger partial charge on any atom is 0.416 e. The van der Waals surface area contributed by atoms with Crippen LogP contribution in [0.5, 0.6) is 17.2 Å². The van der Waals surface area contributed by atoms with E-state index in [9.17, 15) is 13.2 Å². The van der Waals surface area contributed by atoms with Crippen LogP contribution in [0, 0.1) is 0 Å². The smallest absolute Gasteiger partial charge is 0.416 e. The molecule has 132 valence electrons. The summed E-state index contributed by atoms with van der Waals surface area (Å²) in [5.74, 6) is 1.94. The zero-order chi connectivity index (χ0) is 17.9. The van der Waals surface area contributed by atoms with Gasteiger partial charge in [0, 0.05) is 6.07 Å². The van der Waals surface area contributed by atoms with Gasteiger partial charge < -0.3 is 15.2 Å². The lowest BCUT2D eigenvalue weighted by Crippen LogP contribution is -2.13. The Kier molecular flexibility index (Phi) is 4.88. The minimum absolute atomic E-state index is 0.337. The molecule has 0 radical (unpaired) electrons. The van der Waals surface area contributed by atoms with Crippen LogP contribution >= 0.6 is 0 Å². The first kappa shape index (κ1) is 17.2. The van der Waals surface area contributed by atoms with Crippen molar-refractivity contribution in [3.05, 3.63) is 65.9 Å². The molecule has 6 heteroatoms. The Morgan fingerprint density at radius 1 is 1.12 bits per heavy atom. The summed E-state index contributed by atoms with van der Waals surface area (Å²) in [7, 11) is 0. The molecule has 0 amide bonds. The molecule has 0 spiro atoms. The molecule has 0 aromatic heterocycles. The summed E-state index contributed by atoms with van der Waals surface area (Å²) in [6.07, 6.45) is 0.858. The minimum atomic E-state index is -4.36. The lowest BCUT2D eigenvalue weighted by atomic mass is 9.90. The molecule has 0 aliphatic carbocycles. The number of hydrogen-bond acceptors (Lipinski definition) is 3. The second kappa shape index (κ2) is 7.09. The summed E-state index contributed by atoms with van der Waals surface area (Å²) in [6, 6.07) is 10.1. The number of nitrogens with two attached hydrogens (primary N) is 1. The SMILES string of the molecule is NC=CCC1CCOc2cc(Oc3ccc(C(F)(F)F)cc3)ccc21. The molecule has 1 unspecified atom stereocenters. The van der Waals surface area contributed by atoms with E-state index in [-0.39, 0.29) is 0 Å². The van der Waals surface area contributed by atoms with Crippen molar-refractivity contribution in [2.75, 3.05) is 6.61 Å². The highest BCUT2D eigenvalue weighted by molar-refractivity contribution is 5.45. The lowest BCUT2D eigenvalue weighted by molar-refractivity contribution is -0.137. The number of alkyl halides is 3. The lowest BCUT2D eigenvalue weighted by Gasteiger charge is -2.25. The summed E-state index contributed by atoms with van der Waals surface area (Å²) >= 11 is 0. The van der Waals surface area contributed by atoms with Crippen molar-refractivity contribution in [1.29, 1.82) is 0 Å². The first-order valence-electron chi connectivity index (χ1n) is 7.96. The molecule has 1 heterocycles. The first-order chi connectivity index (χ1) is 12.0. The molecule has 1 atom stereocenters. The van der Waals surface area contributed by atoms with E-state index in [1.807, 2.05) is 12.1 Å². The first-order valence-corrected chi connectivity index (χ1v) is 7.96. The van der Waals surface area contributed by atoms with Crippen LogP contribution < -0.4 is 15.2 Å². The number of allylic oxidation sites excluding steroid dienone is 1. The maximum absolute atomic E-state index is 12.6. The van der Waals surface area contributed by atoms with Crippen molar-refractivity contribution in [2.45, 2.75) is 24.9 Å². The highest BCUT2D eigenvalue weighted by Crippen LogP contribution is 2.39. The van der Waals surface area contributed by atoms with Gasteiger partial charge in [0.05, 0.1) is 12.2 Å². The molecule has 2 aromatic rings. The third-order valence-corrected chi connectivity index (χ3v) is 4.12. The molecule has 0 bridgehead atoms. The Bertz CT molecular complexity index is 754. The van der Waals surface area contributed by atoms with Crippen molar-refractivity contribution in [2.24, 2.45) is 5.73 Å². The standard InChI is InChI=1S/C19H18F3NO2/c20-19(21,22)14-3-5-15(6-4-14)25-16-7-8-17-13(2-1-10-23)9-11-24-18(17)12-16/h1,3-8,10,12-13H,2,9,11,23H2. The average molecular weight is 349 g/mol. The number of halogens is 3.